The average molecular weight is 960 g/mol. The topological polar surface area (TPSA) is 29.5 Å². The zero-order chi connectivity index (χ0) is 43.1. The maximum absolute atomic E-state index is 13.7. The molecule has 61 heavy (non-hydrogen) atoms. The first kappa shape index (κ1) is 51.7. The molecular weight excluding hydrogens is 898 g/mol. The quantitative estimate of drug-likeness (QED) is 0.0799. The average Bonchev–Trinajstić information content (AvgIpc) is 3.61. The van der Waals surface area contributed by atoms with Gasteiger partial charge in [0.1, 0.15) is 5.60 Å². The standard InChI is InChI=1S/C34H37NO2P2.2C8H12.BF4.Rh/c1-34(2,3)37-33(36)35-25-32(39(30-20-12-6-13-21-30)31-22-14-7-15-23-31)24-27(35)26-38(28-16-8-4-9-17-28)29-18-10-5-11-19-29;2*1-2-4-6-8-7-5-3-1;2-1(3,4)5;/h4-23,27,32H,24-26H2,1-3H3;2*1-2,7-8H,3-6H2;;/q;;;-1;/b;2*2-1-,8-7-;;/t27-,32-;;;;/m0..../s1. The number of hydrogen-bond acceptors (Lipinski definition) is 2. The van der Waals surface area contributed by atoms with Crippen LogP contribution in [-0.2, 0) is 24.2 Å². The summed E-state index contributed by atoms with van der Waals surface area (Å²) >= 11 is 0. The summed E-state index contributed by atoms with van der Waals surface area (Å²) in [5.74, 6) is 0. The largest absolute Gasteiger partial charge is 0.673 e. The number of hydrogen-bond donors (Lipinski definition) is 0. The molecule has 4 aromatic carbocycles. The van der Waals surface area contributed by atoms with Crippen molar-refractivity contribution in [3.63, 3.8) is 0 Å². The minimum atomic E-state index is -6.00. The predicted octanol–water partition coefficient (Wildman–Crippen LogP) is 13.3. The van der Waals surface area contributed by atoms with Crippen molar-refractivity contribution in [1.29, 1.82) is 0 Å². The van der Waals surface area contributed by atoms with Crippen LogP contribution in [0.4, 0.5) is 22.1 Å². The summed E-state index contributed by atoms with van der Waals surface area (Å²) in [6, 6.07) is 43.4. The Morgan fingerprint density at radius 1 is 0.574 bits per heavy atom. The van der Waals surface area contributed by atoms with E-state index >= 15 is 0 Å². The fourth-order valence-corrected chi connectivity index (χ4v) is 12.5. The van der Waals surface area contributed by atoms with Gasteiger partial charge in [-0.25, -0.2) is 4.79 Å². The Bertz CT molecular complexity index is 1750. The molecule has 0 aromatic heterocycles. The molecule has 0 unspecified atom stereocenters. The van der Waals surface area contributed by atoms with E-state index in [1.54, 1.807) is 0 Å². The Morgan fingerprint density at radius 2 is 0.869 bits per heavy atom. The summed E-state index contributed by atoms with van der Waals surface area (Å²) < 4.78 is 45.0. The number of nitrogens with zero attached hydrogens (tertiary/aromatic N) is 1. The Kier molecular flexibility index (Phi) is 23.9. The molecule has 0 N–H and O–H groups in total. The van der Waals surface area contributed by atoms with Crippen molar-refractivity contribution < 1.29 is 46.3 Å². The summed E-state index contributed by atoms with van der Waals surface area (Å²) in [7, 11) is -7.27. The van der Waals surface area contributed by atoms with Gasteiger partial charge in [-0.2, -0.15) is 0 Å². The van der Waals surface area contributed by atoms with Crippen LogP contribution in [0.2, 0.25) is 0 Å². The molecule has 11 heteroatoms. The minimum Gasteiger partial charge on any atom is -0.444 e. The Labute approximate surface area is 378 Å². The van der Waals surface area contributed by atoms with Crippen LogP contribution in [0, 0.1) is 0 Å². The van der Waals surface area contributed by atoms with Gasteiger partial charge in [0.25, 0.3) is 0 Å². The second kappa shape index (κ2) is 28.1. The zero-order valence-corrected chi connectivity index (χ0v) is 39.1. The smallest absolute Gasteiger partial charge is 0.444 e. The molecule has 2 aliphatic carbocycles. The molecule has 3 nitrogen and oxygen atoms in total. The summed E-state index contributed by atoms with van der Waals surface area (Å²) in [6.45, 7) is 6.57. The van der Waals surface area contributed by atoms with E-state index < -0.39 is 28.7 Å². The SMILES string of the molecule is C1=C\CC/C=C\CC/1.C1=C\CC/C=C\CC/1.CC(C)(C)OC(=O)N1C[C@@H](P(c2ccccc2)c2ccccc2)C[C@H]1CP(c1ccccc1)c1ccccc1.F[B-](F)(F)F.[Rh]. The number of ether oxygens (including phenoxy) is 1. The molecule has 3 aliphatic rings. The van der Waals surface area contributed by atoms with E-state index in [1.807, 2.05) is 20.8 Å². The van der Waals surface area contributed by atoms with Crippen molar-refractivity contribution >= 4 is 50.4 Å². The molecule has 0 spiro atoms. The number of allylic oxidation sites excluding steroid dienone is 8. The number of rotatable bonds is 7. The molecule has 0 bridgehead atoms. The van der Waals surface area contributed by atoms with E-state index in [2.05, 4.69) is 175 Å². The monoisotopic (exact) mass is 959 g/mol. The third-order valence-corrected chi connectivity index (χ3v) is 15.1. The van der Waals surface area contributed by atoms with Crippen molar-refractivity contribution in [2.45, 2.75) is 95.9 Å². The first-order chi connectivity index (χ1) is 28.9. The van der Waals surface area contributed by atoms with Gasteiger partial charge < -0.3 is 26.9 Å². The van der Waals surface area contributed by atoms with Crippen molar-refractivity contribution in [2.24, 2.45) is 0 Å². The first-order valence-electron chi connectivity index (χ1n) is 21.1. The molecule has 1 radical (unpaired) electrons. The van der Waals surface area contributed by atoms with E-state index in [0.29, 0.717) is 12.2 Å². The maximum Gasteiger partial charge on any atom is 0.673 e. The van der Waals surface area contributed by atoms with Gasteiger partial charge in [-0.3, -0.25) is 0 Å². The molecular formula is C50H61BF4NO2P2Rh-. The van der Waals surface area contributed by atoms with Crippen LogP contribution >= 0.6 is 15.8 Å². The van der Waals surface area contributed by atoms with Crippen LogP contribution in [-0.4, -0.2) is 48.3 Å². The van der Waals surface area contributed by atoms with Gasteiger partial charge in [0.2, 0.25) is 0 Å². The van der Waals surface area contributed by atoms with E-state index in [0.717, 1.165) is 12.6 Å². The molecule has 2 atom stereocenters. The van der Waals surface area contributed by atoms with Gasteiger partial charge in [-0.15, -0.1) is 0 Å². The fourth-order valence-electron chi connectivity index (χ4n) is 7.04. The van der Waals surface area contributed by atoms with Crippen molar-refractivity contribution in [3.05, 3.63) is 170 Å². The van der Waals surface area contributed by atoms with E-state index in [9.17, 15) is 22.1 Å². The number of benzene rings is 4. The Morgan fingerprint density at radius 3 is 1.16 bits per heavy atom. The number of carbonyl (C=O) groups is 1. The van der Waals surface area contributed by atoms with Crippen molar-refractivity contribution in [1.82, 2.24) is 4.90 Å². The predicted molar refractivity (Wildman–Crippen MR) is 252 cm³/mol. The van der Waals surface area contributed by atoms with Gasteiger partial charge >= 0.3 is 13.3 Å². The van der Waals surface area contributed by atoms with Gasteiger partial charge in [-0.05, 0) is 122 Å². The number of halogens is 4. The molecule has 1 aliphatic heterocycles. The Balaban J connectivity index is 0.000000367. The van der Waals surface area contributed by atoms with Gasteiger partial charge in [0, 0.05) is 37.7 Å². The van der Waals surface area contributed by atoms with Crippen LogP contribution in [0.15, 0.2) is 170 Å². The molecule has 1 saturated heterocycles. The summed E-state index contributed by atoms with van der Waals surface area (Å²) in [5.41, 5.74) is -0.182. The van der Waals surface area contributed by atoms with E-state index in [4.69, 9.17) is 4.74 Å². The van der Waals surface area contributed by atoms with Crippen LogP contribution in [0.5, 0.6) is 0 Å². The molecule has 1 amide bonds. The molecule has 1 heterocycles. The number of carbonyl (C=O) groups excluding carboxylic acids is 1. The van der Waals surface area contributed by atoms with E-state index in [1.165, 1.54) is 72.6 Å². The minimum absolute atomic E-state index is 0. The summed E-state index contributed by atoms with van der Waals surface area (Å²) in [6.07, 6.45) is 29.7. The van der Waals surface area contributed by atoms with Crippen LogP contribution in [0.25, 0.3) is 0 Å². The Hall–Kier alpha value is -3.62. The normalized spacial score (nSPS) is 19.5. The van der Waals surface area contributed by atoms with E-state index in [-0.39, 0.29) is 31.6 Å². The molecule has 0 saturated carbocycles. The molecule has 7 rings (SSSR count). The summed E-state index contributed by atoms with van der Waals surface area (Å²) in [5, 5.41) is 5.42. The second-order valence-corrected chi connectivity index (χ2v) is 20.4. The second-order valence-electron chi connectivity index (χ2n) is 15.7. The molecule has 4 aromatic rings. The van der Waals surface area contributed by atoms with Gasteiger partial charge in [0.15, 0.2) is 0 Å². The first-order valence-corrected chi connectivity index (χ1v) is 24.1. The molecule has 1 fully saturated rings. The number of likely N-dealkylation sites (tertiary alicyclic amines) is 1. The maximum atomic E-state index is 13.7. The fraction of sp³-hybridized carbons (Fsp3) is 0.340. The van der Waals surface area contributed by atoms with Crippen molar-refractivity contribution in [2.75, 3.05) is 12.7 Å². The zero-order valence-electron chi connectivity index (χ0n) is 35.7. The van der Waals surface area contributed by atoms with Crippen LogP contribution < -0.4 is 21.2 Å². The summed E-state index contributed by atoms with van der Waals surface area (Å²) in [4.78, 5) is 15.7. The van der Waals surface area contributed by atoms with Crippen LogP contribution in [0.1, 0.15) is 78.6 Å². The van der Waals surface area contributed by atoms with Crippen LogP contribution in [0.3, 0.4) is 0 Å². The number of amides is 1. The van der Waals surface area contributed by atoms with Crippen molar-refractivity contribution in [3.8, 4) is 0 Å². The van der Waals surface area contributed by atoms with Gasteiger partial charge in [0.05, 0.1) is 0 Å². The third-order valence-electron chi connectivity index (χ3n) is 9.65. The van der Waals surface area contributed by atoms with Gasteiger partial charge in [-0.1, -0.05) is 170 Å². The third kappa shape index (κ3) is 20.9. The molecule has 329 valence electrons.